The molecule has 0 bridgehead atoms. The lowest BCUT2D eigenvalue weighted by molar-refractivity contribution is 0.479. The zero-order chi connectivity index (χ0) is 11.1. The van der Waals surface area contributed by atoms with Crippen LogP contribution in [0.5, 0.6) is 0 Å². The minimum atomic E-state index is 1.15. The van der Waals surface area contributed by atoms with Gasteiger partial charge in [0.25, 0.3) is 0 Å². The van der Waals surface area contributed by atoms with Gasteiger partial charge in [0.15, 0.2) is 0 Å². The summed E-state index contributed by atoms with van der Waals surface area (Å²) >= 11 is 0. The second-order valence-electron chi connectivity index (χ2n) is 4.49. The molecule has 2 heterocycles. The van der Waals surface area contributed by atoms with Crippen molar-refractivity contribution in [2.75, 3.05) is 14.1 Å². The van der Waals surface area contributed by atoms with Crippen LogP contribution in [0.25, 0.3) is 0 Å². The third-order valence-electron chi connectivity index (χ3n) is 3.42. The Morgan fingerprint density at radius 1 is 0.812 bits per heavy atom. The van der Waals surface area contributed by atoms with Crippen molar-refractivity contribution in [3.8, 4) is 0 Å². The van der Waals surface area contributed by atoms with Gasteiger partial charge in [0.2, 0.25) is 0 Å². The molecule has 3 rings (SSSR count). The predicted molar refractivity (Wildman–Crippen MR) is 66.2 cm³/mol. The predicted octanol–water partition coefficient (Wildman–Crippen LogP) is 2.76. The van der Waals surface area contributed by atoms with Crippen LogP contribution in [0.4, 0.5) is 0 Å². The molecule has 82 valence electrons. The van der Waals surface area contributed by atoms with E-state index in [1.54, 1.807) is 0 Å². The number of likely N-dealkylation sites (N-methyl/N-ethyl adjacent to an activating group) is 2. The van der Waals surface area contributed by atoms with E-state index >= 15 is 0 Å². The van der Waals surface area contributed by atoms with Crippen molar-refractivity contribution < 1.29 is 0 Å². The Hall–Kier alpha value is -1.70. The maximum Gasteiger partial charge on any atom is 0.0680 e. The van der Waals surface area contributed by atoms with Crippen LogP contribution >= 0.6 is 0 Å². The molecule has 3 aliphatic rings. The topological polar surface area (TPSA) is 6.48 Å². The number of rotatable bonds is 0. The van der Waals surface area contributed by atoms with Gasteiger partial charge in [0.1, 0.15) is 0 Å². The van der Waals surface area contributed by atoms with E-state index in [9.17, 15) is 0 Å². The molecule has 0 spiro atoms. The van der Waals surface area contributed by atoms with Gasteiger partial charge in [-0.05, 0) is 36.1 Å². The monoisotopic (exact) mass is 212 g/mol. The molecule has 0 saturated carbocycles. The van der Waals surface area contributed by atoms with Crippen molar-refractivity contribution in [1.29, 1.82) is 0 Å². The SMILES string of the molecule is CN1C=CC=C2CCC3=CC=CN(C)C3=C21. The summed E-state index contributed by atoms with van der Waals surface area (Å²) in [6, 6.07) is 0. The zero-order valence-electron chi connectivity index (χ0n) is 9.77. The third-order valence-corrected chi connectivity index (χ3v) is 3.42. The Kier molecular flexibility index (Phi) is 2.03. The van der Waals surface area contributed by atoms with E-state index in [0.717, 1.165) is 12.8 Å². The highest BCUT2D eigenvalue weighted by atomic mass is 15.2. The first-order valence-corrected chi connectivity index (χ1v) is 5.73. The first-order chi connectivity index (χ1) is 7.77. The lowest BCUT2D eigenvalue weighted by Crippen LogP contribution is -2.28. The first kappa shape index (κ1) is 9.52. The van der Waals surface area contributed by atoms with Gasteiger partial charge < -0.3 is 9.80 Å². The van der Waals surface area contributed by atoms with E-state index in [4.69, 9.17) is 0 Å². The molecule has 0 atom stereocenters. The zero-order valence-corrected chi connectivity index (χ0v) is 9.77. The van der Waals surface area contributed by atoms with Gasteiger partial charge in [-0.1, -0.05) is 12.2 Å². The quantitative estimate of drug-likeness (QED) is 0.609. The summed E-state index contributed by atoms with van der Waals surface area (Å²) in [5.41, 5.74) is 5.65. The van der Waals surface area contributed by atoms with Gasteiger partial charge in [0, 0.05) is 26.5 Å². The number of hydrogen-bond acceptors (Lipinski definition) is 2. The maximum atomic E-state index is 2.24. The van der Waals surface area contributed by atoms with Crippen molar-refractivity contribution in [3.63, 3.8) is 0 Å². The fourth-order valence-electron chi connectivity index (χ4n) is 2.65. The molecule has 2 heteroatoms. The Labute approximate surface area is 96.5 Å². The molecule has 1 aliphatic carbocycles. The van der Waals surface area contributed by atoms with Crippen molar-refractivity contribution >= 4 is 0 Å². The van der Waals surface area contributed by atoms with E-state index in [1.165, 1.54) is 22.5 Å². The highest BCUT2D eigenvalue weighted by Crippen LogP contribution is 2.39. The molecule has 0 aromatic rings. The summed E-state index contributed by atoms with van der Waals surface area (Å²) in [4.78, 5) is 4.46. The lowest BCUT2D eigenvalue weighted by Gasteiger charge is -2.36. The molecule has 0 aromatic heterocycles. The first-order valence-electron chi connectivity index (χ1n) is 5.73. The van der Waals surface area contributed by atoms with Crippen LogP contribution in [0.3, 0.4) is 0 Å². The number of allylic oxidation sites excluding steroid dienone is 6. The molecule has 0 unspecified atom stereocenters. The Balaban J connectivity index is 2.20. The minimum absolute atomic E-state index is 1.15. The summed E-state index contributed by atoms with van der Waals surface area (Å²) in [6.45, 7) is 0. The molecule has 16 heavy (non-hydrogen) atoms. The van der Waals surface area contributed by atoms with E-state index < -0.39 is 0 Å². The smallest absolute Gasteiger partial charge is 0.0680 e. The van der Waals surface area contributed by atoms with E-state index in [-0.39, 0.29) is 0 Å². The van der Waals surface area contributed by atoms with Gasteiger partial charge in [-0.2, -0.15) is 0 Å². The average molecular weight is 212 g/mol. The van der Waals surface area contributed by atoms with Gasteiger partial charge >= 0.3 is 0 Å². The van der Waals surface area contributed by atoms with Crippen LogP contribution in [0, 0.1) is 0 Å². The van der Waals surface area contributed by atoms with E-state index in [1.807, 2.05) is 0 Å². The van der Waals surface area contributed by atoms with Crippen LogP contribution < -0.4 is 0 Å². The van der Waals surface area contributed by atoms with E-state index in [2.05, 4.69) is 60.6 Å². The summed E-state index contributed by atoms with van der Waals surface area (Å²) in [6.07, 6.45) is 15.3. The van der Waals surface area contributed by atoms with Crippen molar-refractivity contribution in [2.24, 2.45) is 0 Å². The van der Waals surface area contributed by atoms with Crippen LogP contribution in [0.2, 0.25) is 0 Å². The number of fused-ring (bicyclic) bond motifs is 2. The fourth-order valence-corrected chi connectivity index (χ4v) is 2.65. The summed E-state index contributed by atoms with van der Waals surface area (Å²) in [5.74, 6) is 0. The molecule has 0 radical (unpaired) electrons. The largest absolute Gasteiger partial charge is 0.349 e. The second-order valence-corrected chi connectivity index (χ2v) is 4.49. The van der Waals surface area contributed by atoms with Crippen molar-refractivity contribution in [2.45, 2.75) is 12.8 Å². The molecular formula is C14H16N2. The number of nitrogens with zero attached hydrogens (tertiary/aromatic N) is 2. The van der Waals surface area contributed by atoms with Gasteiger partial charge in [-0.15, -0.1) is 0 Å². The molecule has 0 aromatic carbocycles. The highest BCUT2D eigenvalue weighted by Gasteiger charge is 2.27. The highest BCUT2D eigenvalue weighted by molar-refractivity contribution is 5.53. The Morgan fingerprint density at radius 2 is 1.25 bits per heavy atom. The van der Waals surface area contributed by atoms with Crippen LogP contribution in [-0.4, -0.2) is 23.9 Å². The maximum absolute atomic E-state index is 2.24. The standard InChI is InChI=1S/C14H16N2/c1-15-9-3-5-11-7-8-12-6-4-10-16(2)14(12)13(11)15/h3-6,9-10H,7-8H2,1-2H3. The lowest BCUT2D eigenvalue weighted by atomic mass is 9.88. The molecule has 0 N–H and O–H groups in total. The minimum Gasteiger partial charge on any atom is -0.349 e. The summed E-state index contributed by atoms with van der Waals surface area (Å²) in [5, 5.41) is 0. The van der Waals surface area contributed by atoms with Crippen molar-refractivity contribution in [3.05, 3.63) is 59.2 Å². The Morgan fingerprint density at radius 3 is 1.69 bits per heavy atom. The molecule has 0 fully saturated rings. The van der Waals surface area contributed by atoms with Gasteiger partial charge in [0.05, 0.1) is 11.4 Å². The van der Waals surface area contributed by atoms with Gasteiger partial charge in [-0.3, -0.25) is 0 Å². The molecular weight excluding hydrogens is 196 g/mol. The normalized spacial score (nSPS) is 22.9. The molecule has 2 aliphatic heterocycles. The molecule has 2 nitrogen and oxygen atoms in total. The van der Waals surface area contributed by atoms with Gasteiger partial charge in [-0.25, -0.2) is 0 Å². The van der Waals surface area contributed by atoms with Crippen molar-refractivity contribution in [1.82, 2.24) is 9.80 Å². The second kappa shape index (κ2) is 3.41. The fraction of sp³-hybridized carbons (Fsp3) is 0.286. The molecule has 0 amide bonds. The van der Waals surface area contributed by atoms with Crippen LogP contribution in [0.1, 0.15) is 12.8 Å². The summed E-state index contributed by atoms with van der Waals surface area (Å²) in [7, 11) is 4.25. The van der Waals surface area contributed by atoms with Crippen LogP contribution in [-0.2, 0) is 0 Å². The summed E-state index contributed by atoms with van der Waals surface area (Å²) < 4.78 is 0. The third kappa shape index (κ3) is 1.26. The molecule has 0 saturated heterocycles. The number of hydrogen-bond donors (Lipinski definition) is 0. The van der Waals surface area contributed by atoms with Crippen LogP contribution in [0.15, 0.2) is 59.2 Å². The Bertz CT molecular complexity index is 431. The average Bonchev–Trinajstić information content (AvgIpc) is 2.29. The van der Waals surface area contributed by atoms with E-state index in [0.29, 0.717) is 0 Å².